The summed E-state index contributed by atoms with van der Waals surface area (Å²) in [5, 5.41) is 9.58. The van der Waals surface area contributed by atoms with Crippen LogP contribution in [0.3, 0.4) is 0 Å². The van der Waals surface area contributed by atoms with E-state index < -0.39 is 23.5 Å². The maximum absolute atomic E-state index is 12.7. The van der Waals surface area contributed by atoms with Crippen LogP contribution < -0.4 is 5.73 Å². The summed E-state index contributed by atoms with van der Waals surface area (Å²) in [6.45, 7) is 1.09. The van der Waals surface area contributed by atoms with E-state index in [0.717, 1.165) is 13.0 Å². The third kappa shape index (κ3) is 1.95. The summed E-state index contributed by atoms with van der Waals surface area (Å²) >= 11 is 0. The van der Waals surface area contributed by atoms with Crippen molar-refractivity contribution in [3.8, 4) is 0 Å². The minimum Gasteiger partial charge on any atom is -0.374 e. The van der Waals surface area contributed by atoms with Gasteiger partial charge in [0.15, 0.2) is 0 Å². The fourth-order valence-electron chi connectivity index (χ4n) is 1.22. The Hall–Kier alpha value is -1.14. The van der Waals surface area contributed by atoms with Crippen LogP contribution in [-0.2, 0) is 5.60 Å². The Balaban J connectivity index is 3.26. The molecule has 6 heteroatoms. The van der Waals surface area contributed by atoms with Crippen LogP contribution >= 0.6 is 0 Å². The average Bonchev–Trinajstić information content (AvgIpc) is 2.16. The molecule has 1 rings (SSSR count). The number of hydrogen-bond donors (Lipinski definition) is 2. The molecular formula is C9H11F3N2O. The van der Waals surface area contributed by atoms with Crippen molar-refractivity contribution in [1.82, 2.24) is 4.98 Å². The molecule has 3 nitrogen and oxygen atoms in total. The number of aromatic nitrogens is 1. The van der Waals surface area contributed by atoms with Gasteiger partial charge >= 0.3 is 6.18 Å². The van der Waals surface area contributed by atoms with E-state index in [1.165, 1.54) is 18.3 Å². The van der Waals surface area contributed by atoms with Gasteiger partial charge in [-0.05, 0) is 19.1 Å². The molecule has 1 aromatic rings. The molecule has 0 amide bonds. The zero-order chi connectivity index (χ0) is 11.7. The van der Waals surface area contributed by atoms with Crippen LogP contribution in [0.25, 0.3) is 0 Å². The van der Waals surface area contributed by atoms with E-state index in [0.29, 0.717) is 0 Å². The van der Waals surface area contributed by atoms with Crippen LogP contribution in [0, 0.1) is 0 Å². The first-order valence-electron chi connectivity index (χ1n) is 4.26. The molecule has 0 aliphatic rings. The molecular weight excluding hydrogens is 209 g/mol. The number of nitrogens with zero attached hydrogens (tertiary/aromatic N) is 1. The van der Waals surface area contributed by atoms with Gasteiger partial charge in [-0.3, -0.25) is 4.98 Å². The standard InChI is InChI=1S/C9H11F3N2O/c1-6(13)8(15,9(10,11)12)7-4-2-3-5-14-7/h2-6,15H,13H2,1H3. The largest absolute Gasteiger partial charge is 0.424 e. The Morgan fingerprint density at radius 3 is 2.33 bits per heavy atom. The second kappa shape index (κ2) is 3.79. The zero-order valence-corrected chi connectivity index (χ0v) is 7.99. The molecule has 0 bridgehead atoms. The van der Waals surface area contributed by atoms with Gasteiger partial charge in [0.1, 0.15) is 0 Å². The molecule has 0 aromatic carbocycles. The lowest BCUT2D eigenvalue weighted by Crippen LogP contribution is -2.54. The molecule has 1 heterocycles. The molecule has 0 aliphatic carbocycles. The van der Waals surface area contributed by atoms with E-state index in [4.69, 9.17) is 5.73 Å². The van der Waals surface area contributed by atoms with E-state index in [9.17, 15) is 18.3 Å². The highest BCUT2D eigenvalue weighted by Crippen LogP contribution is 2.39. The minimum atomic E-state index is -4.85. The summed E-state index contributed by atoms with van der Waals surface area (Å²) < 4.78 is 38.0. The lowest BCUT2D eigenvalue weighted by atomic mass is 9.91. The Labute approximate surface area is 84.7 Å². The lowest BCUT2D eigenvalue weighted by molar-refractivity contribution is -0.274. The Bertz CT molecular complexity index is 326. The van der Waals surface area contributed by atoms with Crippen LogP contribution in [-0.4, -0.2) is 22.3 Å². The van der Waals surface area contributed by atoms with E-state index in [1.54, 1.807) is 0 Å². The highest BCUT2D eigenvalue weighted by molar-refractivity contribution is 5.18. The van der Waals surface area contributed by atoms with Crippen molar-refractivity contribution >= 4 is 0 Å². The number of hydrogen-bond acceptors (Lipinski definition) is 3. The van der Waals surface area contributed by atoms with Crippen LogP contribution in [0.2, 0.25) is 0 Å². The maximum atomic E-state index is 12.7. The Kier molecular flexibility index (Phi) is 3.01. The number of rotatable bonds is 2. The van der Waals surface area contributed by atoms with E-state index in [-0.39, 0.29) is 0 Å². The first kappa shape index (κ1) is 11.9. The highest BCUT2D eigenvalue weighted by atomic mass is 19.4. The van der Waals surface area contributed by atoms with Gasteiger partial charge in [0.2, 0.25) is 5.60 Å². The summed E-state index contributed by atoms with van der Waals surface area (Å²) in [6.07, 6.45) is -3.68. The molecule has 1 aromatic heterocycles. The molecule has 15 heavy (non-hydrogen) atoms. The van der Waals surface area contributed by atoms with Crippen molar-refractivity contribution in [3.63, 3.8) is 0 Å². The molecule has 0 aliphatic heterocycles. The van der Waals surface area contributed by atoms with Crippen LogP contribution in [0.15, 0.2) is 24.4 Å². The minimum absolute atomic E-state index is 0.493. The van der Waals surface area contributed by atoms with Crippen molar-refractivity contribution in [2.45, 2.75) is 24.7 Å². The van der Waals surface area contributed by atoms with E-state index >= 15 is 0 Å². The van der Waals surface area contributed by atoms with Crippen molar-refractivity contribution in [2.75, 3.05) is 0 Å². The summed E-state index contributed by atoms with van der Waals surface area (Å²) in [6, 6.07) is 2.42. The zero-order valence-electron chi connectivity index (χ0n) is 7.99. The van der Waals surface area contributed by atoms with E-state index in [2.05, 4.69) is 4.98 Å². The van der Waals surface area contributed by atoms with Gasteiger partial charge in [-0.2, -0.15) is 13.2 Å². The summed E-state index contributed by atoms with van der Waals surface area (Å²) in [5.74, 6) is 0. The molecule has 0 radical (unpaired) electrons. The summed E-state index contributed by atoms with van der Waals surface area (Å²) in [4.78, 5) is 3.49. The first-order valence-corrected chi connectivity index (χ1v) is 4.26. The smallest absolute Gasteiger partial charge is 0.374 e. The summed E-state index contributed by atoms with van der Waals surface area (Å²) in [7, 11) is 0. The Morgan fingerprint density at radius 1 is 1.40 bits per heavy atom. The average molecular weight is 220 g/mol. The second-order valence-electron chi connectivity index (χ2n) is 3.27. The number of alkyl halides is 3. The third-order valence-corrected chi connectivity index (χ3v) is 2.15. The van der Waals surface area contributed by atoms with Gasteiger partial charge in [0, 0.05) is 12.2 Å². The monoisotopic (exact) mass is 220 g/mol. The van der Waals surface area contributed by atoms with Crippen LogP contribution in [0.1, 0.15) is 12.6 Å². The topological polar surface area (TPSA) is 59.1 Å². The predicted octanol–water partition coefficient (Wildman–Crippen LogP) is 1.18. The number of pyridine rings is 1. The number of halogens is 3. The molecule has 0 saturated heterocycles. The predicted molar refractivity (Wildman–Crippen MR) is 47.8 cm³/mol. The number of nitrogens with two attached hydrogens (primary N) is 1. The normalized spacial score (nSPS) is 18.3. The van der Waals surface area contributed by atoms with Crippen LogP contribution in [0.4, 0.5) is 13.2 Å². The number of aliphatic hydroxyl groups is 1. The van der Waals surface area contributed by atoms with Gasteiger partial charge in [-0.1, -0.05) is 6.07 Å². The van der Waals surface area contributed by atoms with Gasteiger partial charge in [0.25, 0.3) is 0 Å². The highest BCUT2D eigenvalue weighted by Gasteiger charge is 2.58. The molecule has 0 saturated carbocycles. The Morgan fingerprint density at radius 2 is 2.00 bits per heavy atom. The quantitative estimate of drug-likeness (QED) is 0.786. The van der Waals surface area contributed by atoms with Crippen molar-refractivity contribution in [3.05, 3.63) is 30.1 Å². The lowest BCUT2D eigenvalue weighted by Gasteiger charge is -2.33. The van der Waals surface area contributed by atoms with Crippen molar-refractivity contribution < 1.29 is 18.3 Å². The van der Waals surface area contributed by atoms with Crippen molar-refractivity contribution in [1.29, 1.82) is 0 Å². The third-order valence-electron chi connectivity index (χ3n) is 2.15. The van der Waals surface area contributed by atoms with Gasteiger partial charge in [-0.15, -0.1) is 0 Å². The molecule has 0 fully saturated rings. The van der Waals surface area contributed by atoms with Gasteiger partial charge in [-0.25, -0.2) is 0 Å². The van der Waals surface area contributed by atoms with E-state index in [1.807, 2.05) is 0 Å². The molecule has 2 atom stereocenters. The molecule has 84 valence electrons. The molecule has 2 unspecified atom stereocenters. The molecule has 0 spiro atoms. The fourth-order valence-corrected chi connectivity index (χ4v) is 1.22. The van der Waals surface area contributed by atoms with Crippen LogP contribution in [0.5, 0.6) is 0 Å². The SMILES string of the molecule is CC(N)C(O)(c1ccccn1)C(F)(F)F. The molecule has 3 N–H and O–H groups in total. The van der Waals surface area contributed by atoms with Gasteiger partial charge < -0.3 is 10.8 Å². The van der Waals surface area contributed by atoms with Crippen molar-refractivity contribution in [2.24, 2.45) is 5.73 Å². The first-order chi connectivity index (χ1) is 6.80. The van der Waals surface area contributed by atoms with Gasteiger partial charge in [0.05, 0.1) is 5.69 Å². The summed E-state index contributed by atoms with van der Waals surface area (Å²) in [5.41, 5.74) is 1.58. The maximum Gasteiger partial charge on any atom is 0.424 e. The fraction of sp³-hybridized carbons (Fsp3) is 0.444. The second-order valence-corrected chi connectivity index (χ2v) is 3.27.